The van der Waals surface area contributed by atoms with E-state index in [4.69, 9.17) is 9.47 Å². The number of nitrogens with one attached hydrogen (secondary N) is 1. The first-order valence-corrected chi connectivity index (χ1v) is 10.4. The van der Waals surface area contributed by atoms with Gasteiger partial charge >= 0.3 is 0 Å². The molecule has 0 unspecified atom stereocenters. The Kier molecular flexibility index (Phi) is 6.18. The van der Waals surface area contributed by atoms with Crippen molar-refractivity contribution in [3.63, 3.8) is 0 Å². The molecule has 1 heterocycles. The van der Waals surface area contributed by atoms with Crippen LogP contribution < -0.4 is 14.4 Å². The Morgan fingerprint density at radius 1 is 1.19 bits per heavy atom. The van der Waals surface area contributed by atoms with Gasteiger partial charge in [0.1, 0.15) is 11.6 Å². The van der Waals surface area contributed by atoms with E-state index in [2.05, 4.69) is 9.62 Å². The number of sulfonamides is 1. The molecule has 0 aromatic heterocycles. The summed E-state index contributed by atoms with van der Waals surface area (Å²) in [7, 11) is -2.18. The molecule has 6 nitrogen and oxygen atoms in total. The number of morpholine rings is 1. The van der Waals surface area contributed by atoms with Crippen molar-refractivity contribution in [1.29, 1.82) is 0 Å². The first-order chi connectivity index (χ1) is 13.0. The Bertz CT molecular complexity index is 883. The highest BCUT2D eigenvalue weighted by Crippen LogP contribution is 2.31. The minimum absolute atomic E-state index is 0.0908. The van der Waals surface area contributed by atoms with Gasteiger partial charge in [-0.05, 0) is 36.2 Å². The van der Waals surface area contributed by atoms with E-state index in [0.29, 0.717) is 30.2 Å². The molecular formula is C19H23FN2O4S. The van der Waals surface area contributed by atoms with Gasteiger partial charge in [0.05, 0.1) is 31.8 Å². The van der Waals surface area contributed by atoms with Crippen molar-refractivity contribution in [3.8, 4) is 5.75 Å². The maximum absolute atomic E-state index is 13.7. The summed E-state index contributed by atoms with van der Waals surface area (Å²) in [4.78, 5) is 2.13. The SMILES string of the molecule is COc1ccc(N2CCOCC2)cc1NS(=O)(=O)CCc1ccccc1F. The minimum Gasteiger partial charge on any atom is -0.495 e. The number of nitrogens with zero attached hydrogens (tertiary/aromatic N) is 1. The lowest BCUT2D eigenvalue weighted by molar-refractivity contribution is 0.122. The number of aryl methyl sites for hydroxylation is 1. The smallest absolute Gasteiger partial charge is 0.233 e. The Hall–Kier alpha value is -2.32. The molecule has 0 amide bonds. The maximum atomic E-state index is 13.7. The lowest BCUT2D eigenvalue weighted by atomic mass is 10.2. The van der Waals surface area contributed by atoms with Crippen LogP contribution in [0.2, 0.25) is 0 Å². The molecule has 0 atom stereocenters. The van der Waals surface area contributed by atoms with Crippen molar-refractivity contribution in [1.82, 2.24) is 0 Å². The molecule has 0 spiro atoms. The van der Waals surface area contributed by atoms with Crippen LogP contribution in [0.5, 0.6) is 5.75 Å². The third-order valence-electron chi connectivity index (χ3n) is 4.42. The second-order valence-corrected chi connectivity index (χ2v) is 8.09. The summed E-state index contributed by atoms with van der Waals surface area (Å²) >= 11 is 0. The van der Waals surface area contributed by atoms with Crippen molar-refractivity contribution in [3.05, 3.63) is 53.8 Å². The first kappa shape index (κ1) is 19.4. The van der Waals surface area contributed by atoms with Crippen LogP contribution in [0, 0.1) is 5.82 Å². The third kappa shape index (κ3) is 5.11. The summed E-state index contributed by atoms with van der Waals surface area (Å²) in [6.45, 7) is 2.75. The topological polar surface area (TPSA) is 67.9 Å². The van der Waals surface area contributed by atoms with Crippen LogP contribution in [0.3, 0.4) is 0 Å². The maximum Gasteiger partial charge on any atom is 0.233 e. The molecule has 27 heavy (non-hydrogen) atoms. The molecule has 2 aromatic rings. The van der Waals surface area contributed by atoms with Gasteiger partial charge < -0.3 is 14.4 Å². The van der Waals surface area contributed by atoms with E-state index in [1.807, 2.05) is 6.07 Å². The van der Waals surface area contributed by atoms with E-state index in [-0.39, 0.29) is 12.2 Å². The normalized spacial score (nSPS) is 14.8. The van der Waals surface area contributed by atoms with Crippen molar-refractivity contribution in [2.24, 2.45) is 0 Å². The summed E-state index contributed by atoms with van der Waals surface area (Å²) < 4.78 is 52.0. The number of rotatable bonds is 7. The third-order valence-corrected chi connectivity index (χ3v) is 5.70. The number of anilines is 2. The van der Waals surface area contributed by atoms with Gasteiger partial charge in [-0.25, -0.2) is 12.8 Å². The fourth-order valence-corrected chi connectivity index (χ4v) is 4.04. The number of methoxy groups -OCH3 is 1. The van der Waals surface area contributed by atoms with Crippen LogP contribution in [0.15, 0.2) is 42.5 Å². The van der Waals surface area contributed by atoms with Crippen LogP contribution >= 0.6 is 0 Å². The lowest BCUT2D eigenvalue weighted by Crippen LogP contribution is -2.36. The molecule has 1 N–H and O–H groups in total. The second kappa shape index (κ2) is 8.58. The van der Waals surface area contributed by atoms with Crippen LogP contribution in [0.1, 0.15) is 5.56 Å². The Balaban J connectivity index is 1.75. The highest BCUT2D eigenvalue weighted by Gasteiger charge is 2.18. The van der Waals surface area contributed by atoms with Gasteiger partial charge in [0.2, 0.25) is 10.0 Å². The molecule has 0 aliphatic carbocycles. The zero-order valence-corrected chi connectivity index (χ0v) is 16.0. The standard InChI is InChI=1S/C19H23FN2O4S/c1-25-19-7-6-16(22-9-11-26-12-10-22)14-18(19)21-27(23,24)13-8-15-4-2-3-5-17(15)20/h2-7,14,21H,8-13H2,1H3. The molecule has 0 radical (unpaired) electrons. The van der Waals surface area contributed by atoms with Crippen molar-refractivity contribution >= 4 is 21.4 Å². The summed E-state index contributed by atoms with van der Waals surface area (Å²) in [5, 5.41) is 0. The van der Waals surface area contributed by atoms with Crippen LogP contribution in [-0.4, -0.2) is 47.6 Å². The summed E-state index contributed by atoms with van der Waals surface area (Å²) in [6, 6.07) is 11.6. The van der Waals surface area contributed by atoms with Crippen molar-refractivity contribution in [2.45, 2.75) is 6.42 Å². The molecule has 3 rings (SSSR count). The van der Waals surface area contributed by atoms with E-state index in [0.717, 1.165) is 18.8 Å². The van der Waals surface area contributed by atoms with Gasteiger partial charge in [0.15, 0.2) is 0 Å². The van der Waals surface area contributed by atoms with Gasteiger partial charge in [-0.15, -0.1) is 0 Å². The van der Waals surface area contributed by atoms with Crippen LogP contribution in [0.25, 0.3) is 0 Å². The van der Waals surface area contributed by atoms with E-state index < -0.39 is 15.8 Å². The Morgan fingerprint density at radius 2 is 1.93 bits per heavy atom. The highest BCUT2D eigenvalue weighted by atomic mass is 32.2. The molecule has 1 aliphatic heterocycles. The van der Waals surface area contributed by atoms with E-state index in [9.17, 15) is 12.8 Å². The summed E-state index contributed by atoms with van der Waals surface area (Å²) in [5.41, 5.74) is 1.64. The molecule has 0 bridgehead atoms. The van der Waals surface area contributed by atoms with Gasteiger partial charge in [-0.2, -0.15) is 0 Å². The van der Waals surface area contributed by atoms with Gasteiger partial charge in [0, 0.05) is 18.8 Å². The Morgan fingerprint density at radius 3 is 2.63 bits per heavy atom. The highest BCUT2D eigenvalue weighted by molar-refractivity contribution is 7.92. The monoisotopic (exact) mass is 394 g/mol. The number of halogens is 1. The second-order valence-electron chi connectivity index (χ2n) is 6.25. The van der Waals surface area contributed by atoms with Gasteiger partial charge in [0.25, 0.3) is 0 Å². The average Bonchev–Trinajstić information content (AvgIpc) is 2.68. The van der Waals surface area contributed by atoms with Crippen molar-refractivity contribution in [2.75, 3.05) is 48.8 Å². The molecule has 146 valence electrons. The molecule has 1 aliphatic rings. The molecule has 2 aromatic carbocycles. The largest absolute Gasteiger partial charge is 0.495 e. The number of benzene rings is 2. The fraction of sp³-hybridized carbons (Fsp3) is 0.368. The average molecular weight is 394 g/mol. The predicted molar refractivity (Wildman–Crippen MR) is 104 cm³/mol. The van der Waals surface area contributed by atoms with E-state index in [1.165, 1.54) is 13.2 Å². The summed E-state index contributed by atoms with van der Waals surface area (Å²) in [5.74, 6) is -0.195. The molecular weight excluding hydrogens is 371 g/mol. The fourth-order valence-electron chi connectivity index (χ4n) is 2.96. The van der Waals surface area contributed by atoms with Crippen molar-refractivity contribution < 1.29 is 22.3 Å². The number of ether oxygens (including phenoxy) is 2. The summed E-state index contributed by atoms with van der Waals surface area (Å²) in [6.07, 6.45) is 0.0908. The molecule has 1 fully saturated rings. The quantitative estimate of drug-likeness (QED) is 0.782. The van der Waals surface area contributed by atoms with Crippen LogP contribution in [0.4, 0.5) is 15.8 Å². The molecule has 8 heteroatoms. The zero-order chi connectivity index (χ0) is 19.3. The van der Waals surface area contributed by atoms with Gasteiger partial charge in [-0.1, -0.05) is 18.2 Å². The Labute approximate surface area is 159 Å². The number of hydrogen-bond acceptors (Lipinski definition) is 5. The molecule has 0 saturated carbocycles. The lowest BCUT2D eigenvalue weighted by Gasteiger charge is -2.29. The minimum atomic E-state index is -3.67. The van der Waals surface area contributed by atoms with Gasteiger partial charge in [-0.3, -0.25) is 4.72 Å². The zero-order valence-electron chi connectivity index (χ0n) is 15.2. The predicted octanol–water partition coefficient (Wildman–Crippen LogP) is 2.66. The first-order valence-electron chi connectivity index (χ1n) is 8.73. The van der Waals surface area contributed by atoms with Crippen LogP contribution in [-0.2, 0) is 21.2 Å². The van der Waals surface area contributed by atoms with E-state index in [1.54, 1.807) is 30.3 Å². The number of hydrogen-bond donors (Lipinski definition) is 1. The molecule has 1 saturated heterocycles. The van der Waals surface area contributed by atoms with E-state index >= 15 is 0 Å².